The Morgan fingerprint density at radius 1 is 0.584 bits per heavy atom. The van der Waals surface area contributed by atoms with Gasteiger partial charge in [0.05, 0.1) is 27.0 Å². The standard InChI is InChI=1S/C61H70N8O16S4/c1-8-11-12-25-69-50-36-51(89(83,84)85)44-31-38(41-34-47(58(72)64-23-28-87(77,78)79)67-48(35-41)59(73)65-24-29-88(80,81)82)18-21-43(44)55(50)61(6,7)53(69)16-13-15-52-60(4,5)54-42-20-17-37(30-39(42)19-22-49(54)68(52)26-14-27-86(74,75)76)40-32-45(56(70)62-9-2)66-46(33-40)57(71)63-10-3/h13,15-22,30-36H,8-12,14,23-29H2,1-7H3,(H7-,62,63,64,65,70,71,72,73,74,75,76,77,78,79,80,81,82,83,84,85). The van der Waals surface area contributed by atoms with Crippen LogP contribution in [0.1, 0.15) is 127 Å². The first kappa shape index (κ1) is 67.1. The number of amides is 4. The van der Waals surface area contributed by atoms with E-state index in [0.717, 1.165) is 46.3 Å². The number of unbranched alkanes of at least 4 members (excludes halogenated alkanes) is 2. The summed E-state index contributed by atoms with van der Waals surface area (Å²) in [4.78, 5) is 63.0. The van der Waals surface area contributed by atoms with E-state index >= 15 is 0 Å². The number of hydrogen-bond donors (Lipinski definition) is 7. The fraction of sp³-hybridized carbons (Fsp3) is 0.361. The molecule has 4 heterocycles. The van der Waals surface area contributed by atoms with E-state index in [-0.39, 0.29) is 40.9 Å². The van der Waals surface area contributed by atoms with Crippen molar-refractivity contribution in [2.24, 2.45) is 0 Å². The maximum atomic E-state index is 13.6. The number of allylic oxidation sites excluding steroid dienone is 4. The van der Waals surface area contributed by atoms with Gasteiger partial charge in [-0.05, 0) is 133 Å². The van der Waals surface area contributed by atoms with Crippen LogP contribution in [0.3, 0.4) is 0 Å². The summed E-state index contributed by atoms with van der Waals surface area (Å²) in [6.07, 6.45) is 8.09. The van der Waals surface area contributed by atoms with Gasteiger partial charge in [0.15, 0.2) is 5.71 Å². The van der Waals surface area contributed by atoms with Gasteiger partial charge in [-0.2, -0.15) is 29.8 Å². The fourth-order valence-electron chi connectivity index (χ4n) is 11.6. The number of nitrogens with one attached hydrogen (secondary N) is 4. The first-order chi connectivity index (χ1) is 41.7. The van der Waals surface area contributed by atoms with Gasteiger partial charge in [0.25, 0.3) is 54.0 Å². The third kappa shape index (κ3) is 15.3. The van der Waals surface area contributed by atoms with Crippen molar-refractivity contribution in [1.29, 1.82) is 0 Å². The molecule has 0 spiro atoms. The summed E-state index contributed by atoms with van der Waals surface area (Å²) < 4.78 is 140. The lowest BCUT2D eigenvalue weighted by Gasteiger charge is -2.27. The molecular weight excluding hydrogens is 1230 g/mol. The van der Waals surface area contributed by atoms with Gasteiger partial charge in [-0.3, -0.25) is 32.8 Å². The summed E-state index contributed by atoms with van der Waals surface area (Å²) in [5.41, 5.74) is 3.64. The number of rotatable bonds is 25. The van der Waals surface area contributed by atoms with Crippen LogP contribution >= 0.6 is 0 Å². The van der Waals surface area contributed by atoms with Crippen molar-refractivity contribution in [2.75, 3.05) is 61.4 Å². The molecule has 4 aromatic carbocycles. The van der Waals surface area contributed by atoms with Crippen molar-refractivity contribution >= 4 is 103 Å². The first-order valence-corrected chi connectivity index (χ1v) is 34.9. The SMILES string of the molecule is CCCCCN1/C(=C/C=C/C2=[N+](CCCS(=O)(=O)[O-])c3ccc4cc(-c5cc(C(=O)NCC)nc(C(=O)NCC)c5)ccc4c3C2(C)C)C(C)(C)c2c1cc(S(=O)(=O)O)c1cc(-c3cc(C(=O)NCCS(=O)(=O)O)nc(C(=O)NCCS(=O)(=O)O)c3)ccc21. The summed E-state index contributed by atoms with van der Waals surface area (Å²) >= 11 is 0. The average Bonchev–Trinajstić information content (AvgIpc) is 1.60. The van der Waals surface area contributed by atoms with E-state index in [1.165, 1.54) is 24.3 Å². The van der Waals surface area contributed by atoms with Crippen LogP contribution in [0.25, 0.3) is 43.8 Å². The summed E-state index contributed by atoms with van der Waals surface area (Å²) in [5, 5.41) is 12.3. The Bertz CT molecular complexity index is 4340. The number of anilines is 1. The molecule has 0 unspecified atom stereocenters. The summed E-state index contributed by atoms with van der Waals surface area (Å²) in [6, 6.07) is 21.5. The van der Waals surface area contributed by atoms with Crippen LogP contribution in [-0.2, 0) is 51.3 Å². The zero-order valence-corrected chi connectivity index (χ0v) is 53.3. The van der Waals surface area contributed by atoms with Crippen LogP contribution in [0.4, 0.5) is 11.4 Å². The number of aromatic nitrogens is 2. The Kier molecular flexibility index (Phi) is 19.8. The van der Waals surface area contributed by atoms with Gasteiger partial charge >= 0.3 is 0 Å². The highest BCUT2D eigenvalue weighted by Gasteiger charge is 2.46. The number of pyridine rings is 2. The van der Waals surface area contributed by atoms with E-state index in [1.54, 1.807) is 38.1 Å². The zero-order valence-electron chi connectivity index (χ0n) is 50.0. The summed E-state index contributed by atoms with van der Waals surface area (Å²) in [7, 11) is -18.6. The van der Waals surface area contributed by atoms with Crippen LogP contribution < -0.4 is 26.2 Å². The lowest BCUT2D eigenvalue weighted by molar-refractivity contribution is -0.437. The molecule has 0 saturated heterocycles. The number of carbonyl (C=O) groups is 4. The van der Waals surface area contributed by atoms with E-state index in [4.69, 9.17) is 0 Å². The molecule has 0 saturated carbocycles. The minimum absolute atomic E-state index is 0.00658. The van der Waals surface area contributed by atoms with Crippen LogP contribution in [0.15, 0.2) is 108 Å². The number of benzene rings is 4. The van der Waals surface area contributed by atoms with Gasteiger partial charge in [-0.15, -0.1) is 0 Å². The molecule has 474 valence electrons. The molecule has 0 radical (unpaired) electrons. The minimum atomic E-state index is -5.02. The second-order valence-corrected chi connectivity index (χ2v) is 28.7. The topological polar surface area (TPSA) is 369 Å². The molecule has 0 aliphatic carbocycles. The van der Waals surface area contributed by atoms with Gasteiger partial charge in [-0.1, -0.05) is 64.0 Å². The van der Waals surface area contributed by atoms with Gasteiger partial charge in [-0.25, -0.2) is 18.4 Å². The average molecular weight is 1300 g/mol. The Labute approximate surface area is 517 Å². The summed E-state index contributed by atoms with van der Waals surface area (Å²) in [6.45, 7) is 13.8. The number of hydrogen-bond acceptors (Lipinski definition) is 16. The third-order valence-electron chi connectivity index (χ3n) is 15.5. The Hall–Kier alpha value is -7.83. The molecule has 24 nitrogen and oxygen atoms in total. The molecule has 28 heteroatoms. The molecule has 6 aromatic rings. The molecule has 89 heavy (non-hydrogen) atoms. The zero-order chi connectivity index (χ0) is 65.2. The highest BCUT2D eigenvalue weighted by atomic mass is 32.2. The van der Waals surface area contributed by atoms with Crippen molar-refractivity contribution in [1.82, 2.24) is 31.2 Å². The predicted octanol–water partition coefficient (Wildman–Crippen LogP) is 6.84. The van der Waals surface area contributed by atoms with Crippen molar-refractivity contribution in [2.45, 2.75) is 89.9 Å². The molecule has 4 amide bonds. The molecule has 2 aliphatic heterocycles. The fourth-order valence-corrected chi connectivity index (χ4v) is 13.5. The smallest absolute Gasteiger partial charge is 0.295 e. The van der Waals surface area contributed by atoms with Crippen LogP contribution in [0.5, 0.6) is 0 Å². The van der Waals surface area contributed by atoms with Crippen LogP contribution in [0, 0.1) is 0 Å². The largest absolute Gasteiger partial charge is 0.748 e. The van der Waals surface area contributed by atoms with Crippen molar-refractivity contribution in [3.8, 4) is 22.3 Å². The van der Waals surface area contributed by atoms with Crippen molar-refractivity contribution in [3.05, 3.63) is 137 Å². The second-order valence-electron chi connectivity index (χ2n) is 22.6. The maximum Gasteiger partial charge on any atom is 0.295 e. The van der Waals surface area contributed by atoms with Gasteiger partial charge in [0.2, 0.25) is 5.69 Å². The number of fused-ring (bicyclic) bond motifs is 6. The predicted molar refractivity (Wildman–Crippen MR) is 337 cm³/mol. The molecular formula is C61H70N8O16S4. The van der Waals surface area contributed by atoms with E-state index in [9.17, 15) is 71.1 Å². The maximum absolute atomic E-state index is 13.6. The van der Waals surface area contributed by atoms with Crippen molar-refractivity contribution < 1.29 is 75.6 Å². The minimum Gasteiger partial charge on any atom is -0.748 e. The molecule has 7 N–H and O–H groups in total. The molecule has 0 atom stereocenters. The van der Waals surface area contributed by atoms with Gasteiger partial charge in [0, 0.05) is 84.8 Å². The van der Waals surface area contributed by atoms with E-state index < -0.39 is 122 Å². The lowest BCUT2D eigenvalue weighted by atomic mass is 9.78. The second kappa shape index (κ2) is 26.3. The highest BCUT2D eigenvalue weighted by Crippen LogP contribution is 2.53. The monoisotopic (exact) mass is 1300 g/mol. The Morgan fingerprint density at radius 3 is 1.60 bits per heavy atom. The Morgan fingerprint density at radius 2 is 1.10 bits per heavy atom. The highest BCUT2D eigenvalue weighted by molar-refractivity contribution is 7.86. The molecule has 8 rings (SSSR count). The molecule has 2 aromatic heterocycles. The summed E-state index contributed by atoms with van der Waals surface area (Å²) in [5.74, 6) is -5.15. The van der Waals surface area contributed by atoms with E-state index in [2.05, 4.69) is 31.2 Å². The van der Waals surface area contributed by atoms with E-state index in [1.807, 2.05) is 92.7 Å². The normalized spacial score (nSPS) is 15.2. The van der Waals surface area contributed by atoms with Crippen molar-refractivity contribution in [3.63, 3.8) is 0 Å². The third-order valence-corrected chi connectivity index (χ3v) is 18.7. The number of carbonyl (C=O) groups excluding carboxylic acids is 4. The van der Waals surface area contributed by atoms with E-state index in [0.29, 0.717) is 53.8 Å². The van der Waals surface area contributed by atoms with Crippen LogP contribution in [-0.4, -0.2) is 152 Å². The first-order valence-electron chi connectivity index (χ1n) is 28.7. The van der Waals surface area contributed by atoms with Crippen LogP contribution in [0.2, 0.25) is 0 Å². The quantitative estimate of drug-likeness (QED) is 0.0175. The Balaban J connectivity index is 1.23. The molecule has 2 aliphatic rings. The number of nitrogens with zero attached hydrogens (tertiary/aromatic N) is 4. The van der Waals surface area contributed by atoms with Gasteiger partial charge in [0.1, 0.15) is 34.2 Å². The van der Waals surface area contributed by atoms with Gasteiger partial charge < -0.3 is 30.7 Å². The lowest BCUT2D eigenvalue weighted by Crippen LogP contribution is -2.32. The molecule has 0 fully saturated rings. The molecule has 0 bridgehead atoms.